The monoisotopic (exact) mass is 264 g/mol. The first-order chi connectivity index (χ1) is 8.68. The first-order valence-corrected chi connectivity index (χ1v) is 5.95. The summed E-state index contributed by atoms with van der Waals surface area (Å²) >= 11 is 1.28. The van der Waals surface area contributed by atoms with Crippen molar-refractivity contribution in [2.24, 2.45) is 0 Å². The molecule has 0 atom stereocenters. The third kappa shape index (κ3) is 2.78. The molecule has 0 amide bonds. The summed E-state index contributed by atoms with van der Waals surface area (Å²) in [6.45, 7) is -0.222. The molecule has 2 aromatic rings. The Balaban J connectivity index is 1.97. The maximum Gasteiger partial charge on any atom is 0.341 e. The number of benzene rings is 1. The number of ether oxygens (including phenoxy) is 1. The third-order valence-electron chi connectivity index (χ3n) is 2.13. The van der Waals surface area contributed by atoms with Crippen LogP contribution in [0.1, 0.15) is 15.4 Å². The van der Waals surface area contributed by atoms with Gasteiger partial charge in [-0.2, -0.15) is 0 Å². The van der Waals surface area contributed by atoms with Crippen LogP contribution in [-0.2, 0) is 4.74 Å². The number of nitrogens with zero attached hydrogens (tertiary/aromatic N) is 1. The van der Waals surface area contributed by atoms with E-state index in [0.29, 0.717) is 5.01 Å². The van der Waals surface area contributed by atoms with E-state index in [1.54, 1.807) is 17.6 Å². The molecule has 18 heavy (non-hydrogen) atoms. The Morgan fingerprint density at radius 2 is 2.22 bits per heavy atom. The molecule has 0 aliphatic rings. The zero-order chi connectivity index (χ0) is 13.0. The van der Waals surface area contributed by atoms with Gasteiger partial charge in [-0.1, -0.05) is 12.1 Å². The standard InChI is InChI=1S/C12H9FN2O2S/c13-9-4-2-1-3-8(9)12(16)17-7-10(14)11-15-5-6-18-11/h1-6,14H,7H2. The van der Waals surface area contributed by atoms with E-state index < -0.39 is 11.8 Å². The third-order valence-corrected chi connectivity index (χ3v) is 2.96. The molecule has 0 aliphatic heterocycles. The molecular weight excluding hydrogens is 255 g/mol. The minimum atomic E-state index is -0.783. The number of hydrogen-bond donors (Lipinski definition) is 1. The minimum Gasteiger partial charge on any atom is -0.455 e. The highest BCUT2D eigenvalue weighted by Crippen LogP contribution is 2.09. The molecule has 0 saturated carbocycles. The van der Waals surface area contributed by atoms with Crippen LogP contribution < -0.4 is 0 Å². The van der Waals surface area contributed by atoms with Gasteiger partial charge in [-0.05, 0) is 12.1 Å². The van der Waals surface area contributed by atoms with E-state index in [-0.39, 0.29) is 17.9 Å². The Morgan fingerprint density at radius 1 is 1.44 bits per heavy atom. The molecule has 1 aromatic carbocycles. The van der Waals surface area contributed by atoms with Crippen LogP contribution in [0.15, 0.2) is 35.8 Å². The topological polar surface area (TPSA) is 63.0 Å². The minimum absolute atomic E-state index is 0.0923. The SMILES string of the molecule is N=C(COC(=O)c1ccccc1F)c1nccs1. The van der Waals surface area contributed by atoms with Crippen LogP contribution in [0.25, 0.3) is 0 Å². The second kappa shape index (κ2) is 5.50. The van der Waals surface area contributed by atoms with Crippen molar-refractivity contribution in [3.8, 4) is 0 Å². The van der Waals surface area contributed by atoms with Gasteiger partial charge in [-0.3, -0.25) is 5.41 Å². The van der Waals surface area contributed by atoms with E-state index in [1.807, 2.05) is 0 Å². The van der Waals surface area contributed by atoms with Crippen molar-refractivity contribution in [1.29, 1.82) is 5.41 Å². The van der Waals surface area contributed by atoms with E-state index in [9.17, 15) is 9.18 Å². The maximum atomic E-state index is 13.3. The number of carbonyl (C=O) groups is 1. The van der Waals surface area contributed by atoms with E-state index >= 15 is 0 Å². The summed E-state index contributed by atoms with van der Waals surface area (Å²) < 4.78 is 18.1. The van der Waals surface area contributed by atoms with Gasteiger partial charge >= 0.3 is 5.97 Å². The van der Waals surface area contributed by atoms with Crippen LogP contribution in [-0.4, -0.2) is 23.3 Å². The Bertz CT molecular complexity index is 569. The fourth-order valence-electron chi connectivity index (χ4n) is 1.28. The molecule has 0 bridgehead atoms. The first kappa shape index (κ1) is 12.4. The van der Waals surface area contributed by atoms with E-state index in [4.69, 9.17) is 10.1 Å². The van der Waals surface area contributed by atoms with Gasteiger partial charge in [0.15, 0.2) is 0 Å². The second-order valence-electron chi connectivity index (χ2n) is 3.37. The molecule has 2 rings (SSSR count). The number of hydrogen-bond acceptors (Lipinski definition) is 5. The lowest BCUT2D eigenvalue weighted by atomic mass is 10.2. The van der Waals surface area contributed by atoms with Crippen LogP contribution in [0.4, 0.5) is 4.39 Å². The van der Waals surface area contributed by atoms with Gasteiger partial charge in [-0.25, -0.2) is 14.2 Å². The molecule has 1 aromatic heterocycles. The van der Waals surface area contributed by atoms with Crippen LogP contribution in [0.2, 0.25) is 0 Å². The molecule has 4 nitrogen and oxygen atoms in total. The first-order valence-electron chi connectivity index (χ1n) is 5.07. The summed E-state index contributed by atoms with van der Waals surface area (Å²) in [5, 5.41) is 9.84. The predicted molar refractivity (Wildman–Crippen MR) is 65.6 cm³/mol. The number of esters is 1. The number of halogens is 1. The molecule has 0 unspecified atom stereocenters. The molecule has 0 saturated heterocycles. The van der Waals surface area contributed by atoms with Crippen molar-refractivity contribution in [1.82, 2.24) is 4.98 Å². The summed E-state index contributed by atoms with van der Waals surface area (Å²) in [6, 6.07) is 5.56. The predicted octanol–water partition coefficient (Wildman–Crippen LogP) is 2.51. The van der Waals surface area contributed by atoms with Crippen molar-refractivity contribution < 1.29 is 13.9 Å². The highest BCUT2D eigenvalue weighted by molar-refractivity contribution is 7.11. The maximum absolute atomic E-state index is 13.3. The molecule has 92 valence electrons. The zero-order valence-corrected chi connectivity index (χ0v) is 10.0. The number of thiazole rings is 1. The summed E-state index contributed by atoms with van der Waals surface area (Å²) in [6.07, 6.45) is 1.56. The molecular formula is C12H9FN2O2S. The number of aromatic nitrogens is 1. The Hall–Kier alpha value is -2.08. The van der Waals surface area contributed by atoms with Gasteiger partial charge in [0, 0.05) is 11.6 Å². The van der Waals surface area contributed by atoms with Crippen molar-refractivity contribution in [3.05, 3.63) is 52.2 Å². The summed E-state index contributed by atoms with van der Waals surface area (Å²) in [4.78, 5) is 15.5. The van der Waals surface area contributed by atoms with Crippen molar-refractivity contribution in [3.63, 3.8) is 0 Å². The normalized spacial score (nSPS) is 10.1. The molecule has 1 heterocycles. The van der Waals surface area contributed by atoms with Gasteiger partial charge in [0.05, 0.1) is 5.56 Å². The quantitative estimate of drug-likeness (QED) is 0.681. The lowest BCUT2D eigenvalue weighted by Crippen LogP contribution is -2.15. The molecule has 0 spiro atoms. The molecule has 6 heteroatoms. The zero-order valence-electron chi connectivity index (χ0n) is 9.22. The van der Waals surface area contributed by atoms with Crippen LogP contribution in [0.5, 0.6) is 0 Å². The molecule has 0 radical (unpaired) electrons. The van der Waals surface area contributed by atoms with Crippen LogP contribution >= 0.6 is 11.3 Å². The number of rotatable bonds is 4. The van der Waals surface area contributed by atoms with E-state index in [1.165, 1.54) is 29.5 Å². The second-order valence-corrected chi connectivity index (χ2v) is 4.27. The fraction of sp³-hybridized carbons (Fsp3) is 0.0833. The smallest absolute Gasteiger partial charge is 0.341 e. The van der Waals surface area contributed by atoms with E-state index in [0.717, 1.165) is 0 Å². The Morgan fingerprint density at radius 3 is 2.89 bits per heavy atom. The summed E-state index contributed by atoms with van der Waals surface area (Å²) in [7, 11) is 0. The van der Waals surface area contributed by atoms with Gasteiger partial charge in [0.2, 0.25) is 0 Å². The lowest BCUT2D eigenvalue weighted by Gasteiger charge is -2.05. The average Bonchev–Trinajstić information content (AvgIpc) is 2.90. The van der Waals surface area contributed by atoms with Gasteiger partial charge < -0.3 is 4.74 Å². The van der Waals surface area contributed by atoms with Gasteiger partial charge in [0.1, 0.15) is 23.1 Å². The average molecular weight is 264 g/mol. The number of nitrogens with one attached hydrogen (secondary N) is 1. The van der Waals surface area contributed by atoms with E-state index in [2.05, 4.69) is 4.98 Å². The van der Waals surface area contributed by atoms with Crippen molar-refractivity contribution >= 4 is 23.0 Å². The highest BCUT2D eigenvalue weighted by Gasteiger charge is 2.14. The Kier molecular flexibility index (Phi) is 3.78. The summed E-state index contributed by atoms with van der Waals surface area (Å²) in [5.74, 6) is -1.42. The molecule has 0 aliphatic carbocycles. The fourth-order valence-corrected chi connectivity index (χ4v) is 1.85. The van der Waals surface area contributed by atoms with Gasteiger partial charge in [0.25, 0.3) is 0 Å². The summed E-state index contributed by atoms with van der Waals surface area (Å²) in [5.41, 5.74) is -0.0425. The largest absolute Gasteiger partial charge is 0.455 e. The van der Waals surface area contributed by atoms with Crippen LogP contribution in [0, 0.1) is 11.2 Å². The molecule has 1 N–H and O–H groups in total. The molecule has 0 fully saturated rings. The van der Waals surface area contributed by atoms with Crippen molar-refractivity contribution in [2.75, 3.05) is 6.61 Å². The van der Waals surface area contributed by atoms with Crippen molar-refractivity contribution in [2.45, 2.75) is 0 Å². The highest BCUT2D eigenvalue weighted by atomic mass is 32.1. The van der Waals surface area contributed by atoms with Crippen LogP contribution in [0.3, 0.4) is 0 Å². The Labute approximate surface area is 107 Å². The number of carbonyl (C=O) groups excluding carboxylic acids is 1. The lowest BCUT2D eigenvalue weighted by molar-refractivity contribution is 0.0558. The van der Waals surface area contributed by atoms with Gasteiger partial charge in [-0.15, -0.1) is 11.3 Å².